The maximum Gasteiger partial charge on any atom is 0.238 e. The maximum absolute atomic E-state index is 13.1. The number of rotatable bonds is 3. The Balaban J connectivity index is 1.92. The number of nitrogens with one attached hydrogen (secondary N) is 1. The summed E-state index contributed by atoms with van der Waals surface area (Å²) in [6, 6.07) is 4.53. The number of nitrogens with two attached hydrogens (primary N) is 1. The van der Waals surface area contributed by atoms with Crippen molar-refractivity contribution in [2.45, 2.75) is 25.8 Å². The zero-order valence-electron chi connectivity index (χ0n) is 11.2. The maximum atomic E-state index is 13.1. The van der Waals surface area contributed by atoms with Gasteiger partial charge in [0.2, 0.25) is 5.91 Å². The van der Waals surface area contributed by atoms with Gasteiger partial charge in [-0.05, 0) is 44.0 Å². The van der Waals surface area contributed by atoms with Crippen LogP contribution < -0.4 is 11.1 Å². The Hall–Kier alpha value is -1.46. The van der Waals surface area contributed by atoms with Crippen molar-refractivity contribution in [1.29, 1.82) is 0 Å². The van der Waals surface area contributed by atoms with Crippen molar-refractivity contribution < 1.29 is 9.18 Å². The molecule has 1 amide bonds. The van der Waals surface area contributed by atoms with Crippen LogP contribution >= 0.6 is 0 Å². The van der Waals surface area contributed by atoms with Crippen LogP contribution in [0.25, 0.3) is 0 Å². The molecule has 1 atom stereocenters. The summed E-state index contributed by atoms with van der Waals surface area (Å²) in [6.45, 7) is 3.79. The van der Waals surface area contributed by atoms with Gasteiger partial charge < -0.3 is 11.1 Å². The van der Waals surface area contributed by atoms with Gasteiger partial charge in [-0.3, -0.25) is 9.69 Å². The van der Waals surface area contributed by atoms with Crippen LogP contribution in [0.4, 0.5) is 10.1 Å². The number of hydrogen-bond acceptors (Lipinski definition) is 3. The Labute approximate surface area is 112 Å². The lowest BCUT2D eigenvalue weighted by Gasteiger charge is -2.30. The molecular formula is C14H20FN3O. The molecule has 5 heteroatoms. The number of benzene rings is 1. The molecule has 0 radical (unpaired) electrons. The second-order valence-corrected chi connectivity index (χ2v) is 5.14. The van der Waals surface area contributed by atoms with Crippen molar-refractivity contribution in [3.05, 3.63) is 29.6 Å². The van der Waals surface area contributed by atoms with Gasteiger partial charge in [0, 0.05) is 18.3 Å². The molecule has 2 rings (SSSR count). The van der Waals surface area contributed by atoms with Crippen molar-refractivity contribution in [3.63, 3.8) is 0 Å². The molecule has 3 N–H and O–H groups in total. The summed E-state index contributed by atoms with van der Waals surface area (Å²) in [4.78, 5) is 14.0. The highest BCUT2D eigenvalue weighted by atomic mass is 19.1. The SMILES string of the molecule is Cc1ccc(F)cc1NC(=O)CN1CCCC(N)C1. The average Bonchev–Trinajstić information content (AvgIpc) is 2.34. The number of carbonyl (C=O) groups is 1. The lowest BCUT2D eigenvalue weighted by molar-refractivity contribution is -0.117. The second-order valence-electron chi connectivity index (χ2n) is 5.14. The van der Waals surface area contributed by atoms with E-state index in [1.54, 1.807) is 6.07 Å². The van der Waals surface area contributed by atoms with E-state index in [9.17, 15) is 9.18 Å². The molecule has 1 heterocycles. The fraction of sp³-hybridized carbons (Fsp3) is 0.500. The smallest absolute Gasteiger partial charge is 0.238 e. The van der Waals surface area contributed by atoms with Crippen LogP contribution in [-0.2, 0) is 4.79 Å². The zero-order valence-corrected chi connectivity index (χ0v) is 11.2. The number of carbonyl (C=O) groups excluding carboxylic acids is 1. The highest BCUT2D eigenvalue weighted by molar-refractivity contribution is 5.92. The van der Waals surface area contributed by atoms with Crippen LogP contribution in [0.5, 0.6) is 0 Å². The molecule has 104 valence electrons. The second kappa shape index (κ2) is 6.12. The van der Waals surface area contributed by atoms with E-state index < -0.39 is 0 Å². The van der Waals surface area contributed by atoms with Gasteiger partial charge in [-0.2, -0.15) is 0 Å². The van der Waals surface area contributed by atoms with E-state index in [1.165, 1.54) is 12.1 Å². The van der Waals surface area contributed by atoms with Crippen LogP contribution in [0.2, 0.25) is 0 Å². The number of hydrogen-bond donors (Lipinski definition) is 2. The van der Waals surface area contributed by atoms with Crippen LogP contribution in [0.15, 0.2) is 18.2 Å². The van der Waals surface area contributed by atoms with Gasteiger partial charge >= 0.3 is 0 Å². The minimum Gasteiger partial charge on any atom is -0.327 e. The lowest BCUT2D eigenvalue weighted by atomic mass is 10.1. The van der Waals surface area contributed by atoms with Gasteiger partial charge in [0.05, 0.1) is 6.54 Å². The van der Waals surface area contributed by atoms with E-state index in [2.05, 4.69) is 5.32 Å². The molecule has 0 saturated carbocycles. The molecule has 1 fully saturated rings. The molecule has 1 saturated heterocycles. The van der Waals surface area contributed by atoms with Gasteiger partial charge in [-0.1, -0.05) is 6.07 Å². The predicted octanol–water partition coefficient (Wildman–Crippen LogP) is 1.50. The number of piperidine rings is 1. The van der Waals surface area contributed by atoms with Gasteiger partial charge in [-0.25, -0.2) is 4.39 Å². The molecular weight excluding hydrogens is 245 g/mol. The summed E-state index contributed by atoms with van der Waals surface area (Å²) in [5.74, 6) is -0.469. The van der Waals surface area contributed by atoms with E-state index in [1.807, 2.05) is 11.8 Å². The Bertz CT molecular complexity index is 464. The molecule has 1 aromatic rings. The third kappa shape index (κ3) is 4.01. The highest BCUT2D eigenvalue weighted by Crippen LogP contribution is 2.16. The van der Waals surface area contributed by atoms with Crippen LogP contribution in [-0.4, -0.2) is 36.5 Å². The third-order valence-corrected chi connectivity index (χ3v) is 3.38. The molecule has 0 bridgehead atoms. The number of nitrogens with zero attached hydrogens (tertiary/aromatic N) is 1. The van der Waals surface area contributed by atoms with Gasteiger partial charge in [0.1, 0.15) is 5.82 Å². The van der Waals surface area contributed by atoms with Gasteiger partial charge in [0.15, 0.2) is 0 Å². The topological polar surface area (TPSA) is 58.4 Å². The first-order valence-corrected chi connectivity index (χ1v) is 6.58. The number of likely N-dealkylation sites (tertiary alicyclic amines) is 1. The van der Waals surface area contributed by atoms with E-state index in [-0.39, 0.29) is 17.8 Å². The van der Waals surface area contributed by atoms with Crippen LogP contribution in [0.3, 0.4) is 0 Å². The summed E-state index contributed by atoms with van der Waals surface area (Å²) < 4.78 is 13.1. The Morgan fingerprint density at radius 1 is 1.58 bits per heavy atom. The largest absolute Gasteiger partial charge is 0.327 e. The third-order valence-electron chi connectivity index (χ3n) is 3.38. The molecule has 4 nitrogen and oxygen atoms in total. The Kier molecular flexibility index (Phi) is 4.50. The molecule has 1 aliphatic heterocycles. The van der Waals surface area contributed by atoms with Crippen molar-refractivity contribution in [3.8, 4) is 0 Å². The van der Waals surface area contributed by atoms with E-state index in [0.29, 0.717) is 12.2 Å². The number of amides is 1. The van der Waals surface area contributed by atoms with E-state index >= 15 is 0 Å². The quantitative estimate of drug-likeness (QED) is 0.870. The average molecular weight is 265 g/mol. The molecule has 1 unspecified atom stereocenters. The standard InChI is InChI=1S/C14H20FN3O/c1-10-4-5-11(15)7-13(10)17-14(19)9-18-6-2-3-12(16)8-18/h4-5,7,12H,2-3,6,8-9,16H2,1H3,(H,17,19). The summed E-state index contributed by atoms with van der Waals surface area (Å²) in [7, 11) is 0. The van der Waals surface area contributed by atoms with E-state index in [0.717, 1.165) is 31.5 Å². The first kappa shape index (κ1) is 14.0. The summed E-state index contributed by atoms with van der Waals surface area (Å²) >= 11 is 0. The van der Waals surface area contributed by atoms with Crippen LogP contribution in [0.1, 0.15) is 18.4 Å². The molecule has 0 spiro atoms. The number of anilines is 1. The summed E-state index contributed by atoms with van der Waals surface area (Å²) in [6.07, 6.45) is 2.04. The fourth-order valence-corrected chi connectivity index (χ4v) is 2.36. The van der Waals surface area contributed by atoms with Crippen molar-refractivity contribution in [1.82, 2.24) is 4.90 Å². The van der Waals surface area contributed by atoms with Crippen molar-refractivity contribution in [2.24, 2.45) is 5.73 Å². The van der Waals surface area contributed by atoms with Crippen molar-refractivity contribution in [2.75, 3.05) is 25.0 Å². The molecule has 19 heavy (non-hydrogen) atoms. The van der Waals surface area contributed by atoms with Gasteiger partial charge in [-0.15, -0.1) is 0 Å². The lowest BCUT2D eigenvalue weighted by Crippen LogP contribution is -2.45. The molecule has 0 aromatic heterocycles. The van der Waals surface area contributed by atoms with Crippen molar-refractivity contribution >= 4 is 11.6 Å². The Morgan fingerprint density at radius 2 is 2.37 bits per heavy atom. The first-order valence-electron chi connectivity index (χ1n) is 6.58. The predicted molar refractivity (Wildman–Crippen MR) is 73.4 cm³/mol. The number of halogens is 1. The first-order chi connectivity index (χ1) is 9.04. The molecule has 1 aliphatic rings. The zero-order chi connectivity index (χ0) is 13.8. The Morgan fingerprint density at radius 3 is 3.11 bits per heavy atom. The van der Waals surface area contributed by atoms with Crippen LogP contribution in [0, 0.1) is 12.7 Å². The number of aryl methyl sites for hydroxylation is 1. The van der Waals surface area contributed by atoms with Gasteiger partial charge in [0.25, 0.3) is 0 Å². The van der Waals surface area contributed by atoms with E-state index in [4.69, 9.17) is 5.73 Å². The highest BCUT2D eigenvalue weighted by Gasteiger charge is 2.19. The summed E-state index contributed by atoms with van der Waals surface area (Å²) in [5.41, 5.74) is 7.26. The molecule has 1 aromatic carbocycles. The summed E-state index contributed by atoms with van der Waals surface area (Å²) in [5, 5.41) is 2.75. The monoisotopic (exact) mass is 265 g/mol. The molecule has 0 aliphatic carbocycles. The normalized spacial score (nSPS) is 20.3. The minimum absolute atomic E-state index is 0.122. The minimum atomic E-state index is -0.346. The fourth-order valence-electron chi connectivity index (χ4n) is 2.36.